The minimum absolute atomic E-state index is 0.0778. The molecule has 5 heteroatoms. The number of nitrogens with one attached hydrogen (secondary N) is 1. The minimum atomic E-state index is 0.0778. The first-order valence-electron chi connectivity index (χ1n) is 7.26. The van der Waals surface area contributed by atoms with Gasteiger partial charge >= 0.3 is 0 Å². The van der Waals surface area contributed by atoms with Crippen LogP contribution in [0.5, 0.6) is 0 Å². The number of nitrogens with zero attached hydrogens (tertiary/aromatic N) is 2. The first-order valence-corrected chi connectivity index (χ1v) is 7.26. The summed E-state index contributed by atoms with van der Waals surface area (Å²) in [4.78, 5) is 6.96. The number of benzene rings is 1. The fraction of sp³-hybridized carbons (Fsp3) is 0.375. The molecule has 5 nitrogen and oxygen atoms in total. The first kappa shape index (κ1) is 13.8. The molecule has 0 bridgehead atoms. The summed E-state index contributed by atoms with van der Waals surface area (Å²) in [6, 6.07) is 9.73. The van der Waals surface area contributed by atoms with Gasteiger partial charge in [-0.25, -0.2) is 4.98 Å². The van der Waals surface area contributed by atoms with Crippen molar-refractivity contribution >= 4 is 22.6 Å². The van der Waals surface area contributed by atoms with E-state index in [-0.39, 0.29) is 11.9 Å². The third kappa shape index (κ3) is 2.83. The van der Waals surface area contributed by atoms with E-state index < -0.39 is 0 Å². The van der Waals surface area contributed by atoms with Gasteiger partial charge in [0.2, 0.25) is 0 Å². The second kappa shape index (κ2) is 5.69. The summed E-state index contributed by atoms with van der Waals surface area (Å²) in [5, 5.41) is 8.74. The van der Waals surface area contributed by atoms with Gasteiger partial charge in [0.25, 0.3) is 0 Å². The number of hydrogen-bond donors (Lipinski definition) is 2. The van der Waals surface area contributed by atoms with E-state index in [1.54, 1.807) is 0 Å². The molecule has 0 amide bonds. The zero-order chi connectivity index (χ0) is 14.8. The molecular formula is C16H20N4O. The topological polar surface area (TPSA) is 75.2 Å². The van der Waals surface area contributed by atoms with Crippen molar-refractivity contribution in [2.45, 2.75) is 19.4 Å². The van der Waals surface area contributed by atoms with Crippen molar-refractivity contribution < 1.29 is 4.74 Å². The number of nitrogen functional groups attached to an aromatic ring is 1. The van der Waals surface area contributed by atoms with E-state index in [0.29, 0.717) is 0 Å². The van der Waals surface area contributed by atoms with Crippen LogP contribution in [0.25, 0.3) is 10.9 Å². The van der Waals surface area contributed by atoms with E-state index in [1.165, 1.54) is 0 Å². The average molecular weight is 284 g/mol. The lowest BCUT2D eigenvalue weighted by molar-refractivity contribution is 0.0820. The predicted molar refractivity (Wildman–Crippen MR) is 85.0 cm³/mol. The number of nitrogens with two attached hydrogens (primary N) is 1. The standard InChI is InChI=1S/C16H20N4O/c1-11-10-20(7-4-8-21-11)15-9-13(16(17)18)12-5-2-3-6-14(12)19-15/h2-3,5-6,9,11H,4,7-8,10H2,1H3,(H3,17,18). The third-order valence-corrected chi connectivity index (χ3v) is 3.77. The normalized spacial score (nSPS) is 19.5. The van der Waals surface area contributed by atoms with Gasteiger partial charge in [-0.3, -0.25) is 5.41 Å². The maximum absolute atomic E-state index is 7.82. The molecule has 21 heavy (non-hydrogen) atoms. The summed E-state index contributed by atoms with van der Waals surface area (Å²) in [7, 11) is 0. The summed E-state index contributed by atoms with van der Waals surface area (Å²) >= 11 is 0. The van der Waals surface area contributed by atoms with Crippen LogP contribution in [0.1, 0.15) is 18.9 Å². The van der Waals surface area contributed by atoms with Crippen LogP contribution >= 0.6 is 0 Å². The Morgan fingerprint density at radius 3 is 3.05 bits per heavy atom. The summed E-state index contributed by atoms with van der Waals surface area (Å²) < 4.78 is 5.68. The van der Waals surface area contributed by atoms with E-state index in [2.05, 4.69) is 11.8 Å². The van der Waals surface area contributed by atoms with E-state index in [4.69, 9.17) is 20.9 Å². The van der Waals surface area contributed by atoms with Gasteiger partial charge in [0.15, 0.2) is 0 Å². The zero-order valence-electron chi connectivity index (χ0n) is 12.2. The molecule has 3 N–H and O–H groups in total. The van der Waals surface area contributed by atoms with Crippen LogP contribution < -0.4 is 10.6 Å². The monoisotopic (exact) mass is 284 g/mol. The van der Waals surface area contributed by atoms with Gasteiger partial charge in [-0.1, -0.05) is 18.2 Å². The van der Waals surface area contributed by atoms with Crippen molar-refractivity contribution in [3.05, 3.63) is 35.9 Å². The van der Waals surface area contributed by atoms with Crippen LogP contribution in [0, 0.1) is 5.41 Å². The van der Waals surface area contributed by atoms with Gasteiger partial charge in [-0.15, -0.1) is 0 Å². The van der Waals surface area contributed by atoms with E-state index in [9.17, 15) is 0 Å². The molecule has 0 spiro atoms. The minimum Gasteiger partial charge on any atom is -0.384 e. The van der Waals surface area contributed by atoms with Gasteiger partial charge in [0, 0.05) is 30.6 Å². The highest BCUT2D eigenvalue weighted by molar-refractivity contribution is 6.07. The highest BCUT2D eigenvalue weighted by Gasteiger charge is 2.18. The Hall–Kier alpha value is -2.14. The van der Waals surface area contributed by atoms with Crippen LogP contribution in [-0.2, 0) is 4.74 Å². The SMILES string of the molecule is CC1CN(c2cc(C(=N)N)c3ccccc3n2)CCCO1. The highest BCUT2D eigenvalue weighted by Crippen LogP contribution is 2.24. The fourth-order valence-corrected chi connectivity index (χ4v) is 2.75. The number of amidine groups is 1. The van der Waals surface area contributed by atoms with Crippen LogP contribution in [0.4, 0.5) is 5.82 Å². The smallest absolute Gasteiger partial charge is 0.130 e. The molecule has 1 fully saturated rings. The lowest BCUT2D eigenvalue weighted by atomic mass is 10.1. The molecule has 1 aromatic carbocycles. The molecule has 1 atom stereocenters. The number of rotatable bonds is 2. The van der Waals surface area contributed by atoms with Gasteiger partial charge in [0.1, 0.15) is 11.7 Å². The lowest BCUT2D eigenvalue weighted by Crippen LogP contribution is -2.31. The molecule has 2 aromatic rings. The van der Waals surface area contributed by atoms with E-state index in [1.807, 2.05) is 30.3 Å². The Morgan fingerprint density at radius 2 is 2.24 bits per heavy atom. The highest BCUT2D eigenvalue weighted by atomic mass is 16.5. The summed E-state index contributed by atoms with van der Waals surface area (Å²) in [5.41, 5.74) is 7.37. The molecule has 1 aromatic heterocycles. The predicted octanol–water partition coefficient (Wildman–Crippen LogP) is 2.13. The number of fused-ring (bicyclic) bond motifs is 1. The molecule has 0 saturated carbocycles. The molecular weight excluding hydrogens is 264 g/mol. The Morgan fingerprint density at radius 1 is 1.43 bits per heavy atom. The quantitative estimate of drug-likeness (QED) is 0.654. The Labute approximate surface area is 124 Å². The van der Waals surface area contributed by atoms with Crippen LogP contribution in [0.15, 0.2) is 30.3 Å². The molecule has 3 rings (SSSR count). The Bertz CT molecular complexity index is 670. The number of pyridine rings is 1. The van der Waals surface area contributed by atoms with Crippen LogP contribution in [0.3, 0.4) is 0 Å². The van der Waals surface area contributed by atoms with Crippen molar-refractivity contribution in [2.75, 3.05) is 24.6 Å². The van der Waals surface area contributed by atoms with Crippen molar-refractivity contribution in [2.24, 2.45) is 5.73 Å². The van der Waals surface area contributed by atoms with Crippen molar-refractivity contribution in [3.8, 4) is 0 Å². The van der Waals surface area contributed by atoms with Crippen molar-refractivity contribution in [3.63, 3.8) is 0 Å². The van der Waals surface area contributed by atoms with Crippen LogP contribution in [-0.4, -0.2) is 36.6 Å². The number of anilines is 1. The third-order valence-electron chi connectivity index (χ3n) is 3.77. The summed E-state index contributed by atoms with van der Waals surface area (Å²) in [5.74, 6) is 0.949. The molecule has 110 valence electrons. The lowest BCUT2D eigenvalue weighted by Gasteiger charge is -2.24. The number of ether oxygens (including phenoxy) is 1. The van der Waals surface area contributed by atoms with Crippen LogP contribution in [0.2, 0.25) is 0 Å². The second-order valence-corrected chi connectivity index (χ2v) is 5.44. The Balaban J connectivity index is 2.08. The maximum Gasteiger partial charge on any atom is 0.130 e. The summed E-state index contributed by atoms with van der Waals surface area (Å²) in [6.45, 7) is 4.58. The molecule has 1 aliphatic heterocycles. The molecule has 1 aliphatic rings. The molecule has 1 saturated heterocycles. The van der Waals surface area contributed by atoms with Gasteiger partial charge in [-0.2, -0.15) is 0 Å². The summed E-state index contributed by atoms with van der Waals surface area (Å²) in [6.07, 6.45) is 1.16. The molecule has 0 aliphatic carbocycles. The second-order valence-electron chi connectivity index (χ2n) is 5.44. The van der Waals surface area contributed by atoms with Crippen molar-refractivity contribution in [1.82, 2.24) is 4.98 Å². The molecule has 1 unspecified atom stereocenters. The molecule has 0 radical (unpaired) electrons. The van der Waals surface area contributed by atoms with Gasteiger partial charge < -0.3 is 15.4 Å². The Kier molecular flexibility index (Phi) is 3.75. The number of para-hydroxylation sites is 1. The zero-order valence-corrected chi connectivity index (χ0v) is 12.2. The number of hydrogen-bond acceptors (Lipinski definition) is 4. The van der Waals surface area contributed by atoms with Gasteiger partial charge in [0.05, 0.1) is 11.6 Å². The van der Waals surface area contributed by atoms with Gasteiger partial charge in [-0.05, 0) is 25.5 Å². The first-order chi connectivity index (χ1) is 10.1. The van der Waals surface area contributed by atoms with Crippen molar-refractivity contribution in [1.29, 1.82) is 5.41 Å². The fourth-order valence-electron chi connectivity index (χ4n) is 2.75. The largest absolute Gasteiger partial charge is 0.384 e. The average Bonchev–Trinajstić information content (AvgIpc) is 2.70. The van der Waals surface area contributed by atoms with E-state index >= 15 is 0 Å². The van der Waals surface area contributed by atoms with E-state index in [0.717, 1.165) is 48.4 Å². The molecule has 2 heterocycles. The number of aromatic nitrogens is 1. The maximum atomic E-state index is 7.82.